The van der Waals surface area contributed by atoms with Crippen molar-refractivity contribution in [1.82, 2.24) is 25.1 Å². The summed E-state index contributed by atoms with van der Waals surface area (Å²) in [5.41, 5.74) is 3.42. The average Bonchev–Trinajstić information content (AvgIpc) is 2.81. The van der Waals surface area contributed by atoms with Crippen LogP contribution in [0.1, 0.15) is 33.1 Å². The first-order valence-corrected chi connectivity index (χ1v) is 10.7. The Morgan fingerprint density at radius 2 is 1.91 bits per heavy atom. The maximum absolute atomic E-state index is 13.2. The molecule has 7 heteroatoms. The van der Waals surface area contributed by atoms with Crippen molar-refractivity contribution in [2.75, 3.05) is 20.1 Å². The minimum absolute atomic E-state index is 0.0468. The molecule has 0 spiro atoms. The van der Waals surface area contributed by atoms with Crippen LogP contribution in [0.2, 0.25) is 0 Å². The van der Waals surface area contributed by atoms with E-state index in [1.807, 2.05) is 68.7 Å². The number of pyridine rings is 2. The Morgan fingerprint density at radius 1 is 1.09 bits per heavy atom. The molecule has 3 aromatic rings. The van der Waals surface area contributed by atoms with Crippen LogP contribution in [-0.4, -0.2) is 57.8 Å². The highest BCUT2D eigenvalue weighted by Crippen LogP contribution is 2.31. The van der Waals surface area contributed by atoms with Crippen molar-refractivity contribution in [3.8, 4) is 0 Å². The van der Waals surface area contributed by atoms with E-state index in [1.54, 1.807) is 23.5 Å². The zero-order valence-electron chi connectivity index (χ0n) is 18.3. The third kappa shape index (κ3) is 4.84. The van der Waals surface area contributed by atoms with Crippen LogP contribution >= 0.6 is 0 Å². The Hall–Kier alpha value is -3.58. The predicted molar refractivity (Wildman–Crippen MR) is 122 cm³/mol. The summed E-state index contributed by atoms with van der Waals surface area (Å²) in [6, 6.07) is 15.0. The molecule has 3 heterocycles. The van der Waals surface area contributed by atoms with Gasteiger partial charge in [-0.05, 0) is 35.7 Å². The number of nitrogens with zero attached hydrogens (tertiary/aromatic N) is 4. The SMILES string of the molecule is Cc1cncc(C(=O)NC[C@@H]2CN(C)C(=O)[C@H](c3ccccc3)N2Cc2cccnc2)c1. The topological polar surface area (TPSA) is 78.4 Å². The number of carbonyl (C=O) groups excluding carboxylic acids is 2. The zero-order chi connectivity index (χ0) is 22.5. The standard InChI is InChI=1S/C25H27N5O2/c1-18-11-21(14-27-12-18)24(31)28-15-22-17-29(2)25(32)23(20-8-4-3-5-9-20)30(22)16-19-7-6-10-26-13-19/h3-14,22-23H,15-17H2,1-2H3,(H,28,31)/t22-,23+/m1/s1. The van der Waals surface area contributed by atoms with Crippen molar-refractivity contribution in [2.24, 2.45) is 0 Å². The molecule has 0 radical (unpaired) electrons. The normalized spacial score (nSPS) is 19.1. The molecule has 32 heavy (non-hydrogen) atoms. The number of aromatic nitrogens is 2. The van der Waals surface area contributed by atoms with E-state index in [0.717, 1.165) is 16.7 Å². The molecule has 2 amide bonds. The van der Waals surface area contributed by atoms with Gasteiger partial charge in [0.25, 0.3) is 5.91 Å². The first-order valence-electron chi connectivity index (χ1n) is 10.7. The lowest BCUT2D eigenvalue weighted by molar-refractivity contribution is -0.144. The van der Waals surface area contributed by atoms with Crippen molar-refractivity contribution in [3.63, 3.8) is 0 Å². The molecule has 2 aromatic heterocycles. The highest BCUT2D eigenvalue weighted by molar-refractivity contribution is 5.94. The Kier molecular flexibility index (Phi) is 6.56. The van der Waals surface area contributed by atoms with Crippen LogP contribution < -0.4 is 5.32 Å². The average molecular weight is 430 g/mol. The number of hydrogen-bond donors (Lipinski definition) is 1. The van der Waals surface area contributed by atoms with Gasteiger partial charge in [0.2, 0.25) is 5.91 Å². The van der Waals surface area contributed by atoms with Crippen molar-refractivity contribution in [1.29, 1.82) is 0 Å². The van der Waals surface area contributed by atoms with Gasteiger partial charge in [-0.25, -0.2) is 0 Å². The van der Waals surface area contributed by atoms with Crippen molar-refractivity contribution >= 4 is 11.8 Å². The highest BCUT2D eigenvalue weighted by Gasteiger charge is 2.40. The Balaban J connectivity index is 1.60. The summed E-state index contributed by atoms with van der Waals surface area (Å²) in [5, 5.41) is 3.04. The van der Waals surface area contributed by atoms with Crippen LogP contribution in [-0.2, 0) is 11.3 Å². The van der Waals surface area contributed by atoms with E-state index in [2.05, 4.69) is 20.2 Å². The molecule has 164 valence electrons. The number of likely N-dealkylation sites (N-methyl/N-ethyl adjacent to an activating group) is 1. The van der Waals surface area contributed by atoms with E-state index in [4.69, 9.17) is 0 Å². The largest absolute Gasteiger partial charge is 0.350 e. The van der Waals surface area contributed by atoms with Gasteiger partial charge in [0.05, 0.1) is 5.56 Å². The summed E-state index contributed by atoms with van der Waals surface area (Å²) < 4.78 is 0. The molecule has 1 saturated heterocycles. The Bertz CT molecular complexity index is 1070. The second kappa shape index (κ2) is 9.70. The van der Waals surface area contributed by atoms with Gasteiger partial charge in [0.1, 0.15) is 6.04 Å². The van der Waals surface area contributed by atoms with Gasteiger partial charge in [0.15, 0.2) is 0 Å². The molecule has 7 nitrogen and oxygen atoms in total. The van der Waals surface area contributed by atoms with Crippen molar-refractivity contribution < 1.29 is 9.59 Å². The summed E-state index contributed by atoms with van der Waals surface area (Å²) in [6.07, 6.45) is 6.84. The number of rotatable bonds is 6. The van der Waals surface area contributed by atoms with E-state index < -0.39 is 6.04 Å². The predicted octanol–water partition coefficient (Wildman–Crippen LogP) is 2.60. The highest BCUT2D eigenvalue weighted by atomic mass is 16.2. The summed E-state index contributed by atoms with van der Waals surface area (Å²) in [7, 11) is 1.82. The Labute approximate surface area is 188 Å². The fourth-order valence-corrected chi connectivity index (χ4v) is 4.14. The minimum Gasteiger partial charge on any atom is -0.350 e. The Morgan fingerprint density at radius 3 is 2.62 bits per heavy atom. The number of hydrogen-bond acceptors (Lipinski definition) is 5. The quantitative estimate of drug-likeness (QED) is 0.652. The molecule has 2 atom stereocenters. The fraction of sp³-hybridized carbons (Fsp3) is 0.280. The molecule has 0 aliphatic carbocycles. The number of benzene rings is 1. The molecule has 1 aliphatic heterocycles. The lowest BCUT2D eigenvalue weighted by Gasteiger charge is -2.45. The summed E-state index contributed by atoms with van der Waals surface area (Å²) in [4.78, 5) is 38.3. The van der Waals surface area contributed by atoms with Crippen LogP contribution in [0.25, 0.3) is 0 Å². The molecule has 0 saturated carbocycles. The van der Waals surface area contributed by atoms with E-state index in [-0.39, 0.29) is 17.9 Å². The van der Waals surface area contributed by atoms with Gasteiger partial charge in [-0.15, -0.1) is 0 Å². The minimum atomic E-state index is -0.433. The van der Waals surface area contributed by atoms with Crippen LogP contribution in [0.5, 0.6) is 0 Å². The number of piperazine rings is 1. The molecule has 1 fully saturated rings. The van der Waals surface area contributed by atoms with Gasteiger partial charge < -0.3 is 10.2 Å². The maximum atomic E-state index is 13.2. The lowest BCUT2D eigenvalue weighted by atomic mass is 9.97. The van der Waals surface area contributed by atoms with Gasteiger partial charge >= 0.3 is 0 Å². The lowest BCUT2D eigenvalue weighted by Crippen LogP contribution is -2.59. The molecular formula is C25H27N5O2. The molecular weight excluding hydrogens is 402 g/mol. The van der Waals surface area contributed by atoms with Gasteiger partial charge in [0, 0.05) is 57.5 Å². The summed E-state index contributed by atoms with van der Waals surface area (Å²) in [5.74, 6) is -0.121. The number of aryl methyl sites for hydroxylation is 1. The van der Waals surface area contributed by atoms with Crippen LogP contribution in [0, 0.1) is 6.92 Å². The van der Waals surface area contributed by atoms with Crippen LogP contribution in [0.4, 0.5) is 0 Å². The van der Waals surface area contributed by atoms with Gasteiger partial charge in [-0.1, -0.05) is 36.4 Å². The third-order valence-corrected chi connectivity index (χ3v) is 5.73. The molecule has 1 aromatic carbocycles. The van der Waals surface area contributed by atoms with E-state index in [1.165, 1.54) is 0 Å². The van der Waals surface area contributed by atoms with Crippen LogP contribution in [0.15, 0.2) is 73.3 Å². The number of carbonyl (C=O) groups is 2. The van der Waals surface area contributed by atoms with Gasteiger partial charge in [-0.3, -0.25) is 24.5 Å². The van der Waals surface area contributed by atoms with Gasteiger partial charge in [-0.2, -0.15) is 0 Å². The smallest absolute Gasteiger partial charge is 0.252 e. The number of nitrogens with one attached hydrogen (secondary N) is 1. The molecule has 0 bridgehead atoms. The monoisotopic (exact) mass is 429 g/mol. The fourth-order valence-electron chi connectivity index (χ4n) is 4.14. The third-order valence-electron chi connectivity index (χ3n) is 5.73. The summed E-state index contributed by atoms with van der Waals surface area (Å²) >= 11 is 0. The second-order valence-corrected chi connectivity index (χ2v) is 8.18. The van der Waals surface area contributed by atoms with E-state index in [9.17, 15) is 9.59 Å². The maximum Gasteiger partial charge on any atom is 0.252 e. The first-order chi connectivity index (χ1) is 15.5. The molecule has 0 unspecified atom stereocenters. The second-order valence-electron chi connectivity index (χ2n) is 8.18. The molecule has 1 aliphatic rings. The summed E-state index contributed by atoms with van der Waals surface area (Å²) in [6.45, 7) is 3.40. The van der Waals surface area contributed by atoms with Crippen molar-refractivity contribution in [2.45, 2.75) is 25.6 Å². The molecule has 4 rings (SSSR count). The zero-order valence-corrected chi connectivity index (χ0v) is 18.3. The first kappa shape index (κ1) is 21.6. The van der Waals surface area contributed by atoms with E-state index >= 15 is 0 Å². The van der Waals surface area contributed by atoms with Crippen molar-refractivity contribution in [3.05, 3.63) is 95.6 Å². The number of amides is 2. The van der Waals surface area contributed by atoms with Crippen LogP contribution in [0.3, 0.4) is 0 Å². The van der Waals surface area contributed by atoms with E-state index in [0.29, 0.717) is 25.2 Å². The molecule has 1 N–H and O–H groups in total.